The van der Waals surface area contributed by atoms with Crippen LogP contribution in [0.4, 0.5) is 5.69 Å². The maximum Gasteiger partial charge on any atom is 0.226 e. The molecule has 0 saturated carbocycles. The minimum atomic E-state index is -0.336. The summed E-state index contributed by atoms with van der Waals surface area (Å²) in [5, 5.41) is 12.4. The summed E-state index contributed by atoms with van der Waals surface area (Å²) < 4.78 is 5.23. The fourth-order valence-electron chi connectivity index (χ4n) is 4.71. The minimum Gasteiger partial charge on any atom is -0.508 e. The van der Waals surface area contributed by atoms with Gasteiger partial charge in [-0.1, -0.05) is 24.3 Å². The van der Waals surface area contributed by atoms with E-state index >= 15 is 0 Å². The molecular weight excluding hydrogens is 430 g/mol. The van der Waals surface area contributed by atoms with Crippen molar-refractivity contribution in [3.63, 3.8) is 0 Å². The van der Waals surface area contributed by atoms with Crippen LogP contribution in [0.25, 0.3) is 0 Å². The number of benzene rings is 2. The predicted molar refractivity (Wildman–Crippen MR) is 132 cm³/mol. The van der Waals surface area contributed by atoms with E-state index in [1.807, 2.05) is 53.5 Å². The van der Waals surface area contributed by atoms with Gasteiger partial charge >= 0.3 is 0 Å². The molecule has 7 nitrogen and oxygen atoms in total. The van der Waals surface area contributed by atoms with Gasteiger partial charge in [0.25, 0.3) is 0 Å². The first-order valence-corrected chi connectivity index (χ1v) is 11.9. The molecule has 1 saturated heterocycles. The number of anilines is 1. The fourth-order valence-corrected chi connectivity index (χ4v) is 4.71. The van der Waals surface area contributed by atoms with Crippen molar-refractivity contribution >= 4 is 17.5 Å². The van der Waals surface area contributed by atoms with Crippen molar-refractivity contribution in [1.82, 2.24) is 10.2 Å². The number of phenolic OH excluding ortho intramolecular Hbond substituents is 1. The number of hydrogen-bond donors (Lipinski definition) is 2. The fraction of sp³-hybridized carbons (Fsp3) is 0.407. The lowest BCUT2D eigenvalue weighted by atomic mass is 9.81. The number of hydrogen-bond acceptors (Lipinski definition) is 5. The minimum absolute atomic E-state index is 0.0571. The Balaban J connectivity index is 1.30. The largest absolute Gasteiger partial charge is 0.508 e. The molecule has 2 amide bonds. The van der Waals surface area contributed by atoms with Crippen molar-refractivity contribution in [1.29, 1.82) is 0 Å². The third-order valence-electron chi connectivity index (χ3n) is 6.76. The highest BCUT2D eigenvalue weighted by atomic mass is 16.5. The number of nitrogens with one attached hydrogen (secondary N) is 1. The number of phenols is 1. The van der Waals surface area contributed by atoms with Crippen LogP contribution >= 0.6 is 0 Å². The summed E-state index contributed by atoms with van der Waals surface area (Å²) in [6.45, 7) is 3.35. The second-order valence-electron chi connectivity index (χ2n) is 8.87. The summed E-state index contributed by atoms with van der Waals surface area (Å²) in [5.74, 6) is 0.433. The number of carbonyl (C=O) groups excluding carboxylic acids is 2. The SMILES string of the molecule is COc1ccc(N2CCN(C(=O)C3CC=CCC3C(=O)NCCc3ccc(O)cc3)CC2)cc1. The highest BCUT2D eigenvalue weighted by Gasteiger charge is 2.37. The van der Waals surface area contributed by atoms with Gasteiger partial charge < -0.3 is 25.0 Å². The van der Waals surface area contributed by atoms with E-state index in [0.29, 0.717) is 38.9 Å². The molecule has 0 aromatic heterocycles. The maximum atomic E-state index is 13.4. The first-order valence-electron chi connectivity index (χ1n) is 11.9. The molecule has 2 aromatic rings. The molecule has 1 fully saturated rings. The Kier molecular flexibility index (Phi) is 7.72. The van der Waals surface area contributed by atoms with Gasteiger partial charge in [0.05, 0.1) is 18.9 Å². The van der Waals surface area contributed by atoms with Crippen molar-refractivity contribution in [3.8, 4) is 11.5 Å². The van der Waals surface area contributed by atoms with Crippen molar-refractivity contribution in [3.05, 3.63) is 66.2 Å². The molecule has 2 N–H and O–H groups in total. The lowest BCUT2D eigenvalue weighted by molar-refractivity contribution is -0.142. The standard InChI is InChI=1S/C27H33N3O4/c1-34-23-12-8-21(9-13-23)29-16-18-30(19-17-29)27(33)25-5-3-2-4-24(25)26(32)28-15-14-20-6-10-22(31)11-7-20/h2-3,6-13,24-25,31H,4-5,14-19H2,1H3,(H,28,32). The first-order chi connectivity index (χ1) is 16.5. The summed E-state index contributed by atoms with van der Waals surface area (Å²) in [6, 6.07) is 15.0. The molecule has 0 radical (unpaired) electrons. The smallest absolute Gasteiger partial charge is 0.226 e. The average molecular weight is 464 g/mol. The Labute approximate surface area is 201 Å². The molecule has 0 bridgehead atoms. The van der Waals surface area contributed by atoms with Gasteiger partial charge in [-0.2, -0.15) is 0 Å². The summed E-state index contributed by atoms with van der Waals surface area (Å²) in [5.41, 5.74) is 2.17. The molecule has 1 aliphatic carbocycles. The summed E-state index contributed by atoms with van der Waals surface area (Å²) in [6.07, 6.45) is 5.91. The number of ether oxygens (including phenoxy) is 1. The van der Waals surface area contributed by atoms with E-state index in [2.05, 4.69) is 10.2 Å². The first kappa shape index (κ1) is 23.7. The van der Waals surface area contributed by atoms with Gasteiger partial charge in [0.1, 0.15) is 11.5 Å². The number of carbonyl (C=O) groups is 2. The molecule has 2 atom stereocenters. The highest BCUT2D eigenvalue weighted by molar-refractivity contribution is 5.88. The van der Waals surface area contributed by atoms with Crippen LogP contribution in [-0.4, -0.2) is 61.7 Å². The monoisotopic (exact) mass is 463 g/mol. The molecule has 2 aromatic carbocycles. The van der Waals surface area contributed by atoms with E-state index in [1.165, 1.54) is 0 Å². The quantitative estimate of drug-likeness (QED) is 0.617. The Morgan fingerprint density at radius 2 is 1.59 bits per heavy atom. The molecule has 2 aliphatic rings. The maximum absolute atomic E-state index is 13.4. The van der Waals surface area contributed by atoms with Crippen molar-refractivity contribution in [2.24, 2.45) is 11.8 Å². The van der Waals surface area contributed by atoms with Gasteiger partial charge in [-0.15, -0.1) is 0 Å². The topological polar surface area (TPSA) is 82.1 Å². The van der Waals surface area contributed by atoms with Gasteiger partial charge in [0, 0.05) is 38.4 Å². The van der Waals surface area contributed by atoms with Crippen LogP contribution in [0.15, 0.2) is 60.7 Å². The van der Waals surface area contributed by atoms with E-state index in [1.54, 1.807) is 19.2 Å². The second-order valence-corrected chi connectivity index (χ2v) is 8.87. The summed E-state index contributed by atoms with van der Waals surface area (Å²) >= 11 is 0. The number of nitrogens with zero attached hydrogens (tertiary/aromatic N) is 2. The van der Waals surface area contributed by atoms with E-state index in [-0.39, 0.29) is 29.4 Å². The van der Waals surface area contributed by atoms with Crippen molar-refractivity contribution in [2.75, 3.05) is 44.7 Å². The molecule has 180 valence electrons. The number of methoxy groups -OCH3 is 1. The Bertz CT molecular complexity index is 996. The summed E-state index contributed by atoms with van der Waals surface area (Å²) in [4.78, 5) is 30.5. The number of rotatable bonds is 7. The van der Waals surface area contributed by atoms with Crippen LogP contribution in [0.1, 0.15) is 18.4 Å². The van der Waals surface area contributed by atoms with E-state index in [9.17, 15) is 14.7 Å². The Morgan fingerprint density at radius 3 is 2.24 bits per heavy atom. The zero-order valence-electron chi connectivity index (χ0n) is 19.7. The molecule has 7 heteroatoms. The lowest BCUT2D eigenvalue weighted by Crippen LogP contribution is -2.52. The van der Waals surface area contributed by atoms with Gasteiger partial charge in [0.2, 0.25) is 11.8 Å². The normalized spacial score (nSPS) is 20.1. The van der Waals surface area contributed by atoms with Gasteiger partial charge in [-0.05, 0) is 61.2 Å². The number of aromatic hydroxyl groups is 1. The van der Waals surface area contributed by atoms with Crippen LogP contribution < -0.4 is 15.0 Å². The molecular formula is C27H33N3O4. The molecule has 4 rings (SSSR count). The van der Waals surface area contributed by atoms with E-state index in [4.69, 9.17) is 4.74 Å². The molecule has 1 heterocycles. The second kappa shape index (κ2) is 11.1. The predicted octanol–water partition coefficient (Wildman–Crippen LogP) is 2.99. The van der Waals surface area contributed by atoms with Crippen LogP contribution in [0.3, 0.4) is 0 Å². The van der Waals surface area contributed by atoms with Crippen LogP contribution in [0, 0.1) is 11.8 Å². The Hall–Kier alpha value is -3.48. The number of amides is 2. The average Bonchev–Trinajstić information content (AvgIpc) is 2.89. The molecule has 0 spiro atoms. The number of piperazine rings is 1. The molecule has 1 aliphatic heterocycles. The number of allylic oxidation sites excluding steroid dienone is 2. The third kappa shape index (κ3) is 5.71. The van der Waals surface area contributed by atoms with E-state index < -0.39 is 0 Å². The van der Waals surface area contributed by atoms with E-state index in [0.717, 1.165) is 30.1 Å². The van der Waals surface area contributed by atoms with Crippen molar-refractivity contribution < 1.29 is 19.4 Å². The summed E-state index contributed by atoms with van der Waals surface area (Å²) in [7, 11) is 1.66. The zero-order valence-corrected chi connectivity index (χ0v) is 19.7. The Morgan fingerprint density at radius 1 is 0.941 bits per heavy atom. The van der Waals surface area contributed by atoms with Crippen molar-refractivity contribution in [2.45, 2.75) is 19.3 Å². The highest BCUT2D eigenvalue weighted by Crippen LogP contribution is 2.29. The molecule has 34 heavy (non-hydrogen) atoms. The van der Waals surface area contributed by atoms with Crippen LogP contribution in [0.5, 0.6) is 11.5 Å². The lowest BCUT2D eigenvalue weighted by Gasteiger charge is -2.39. The van der Waals surface area contributed by atoms with Gasteiger partial charge in [0.15, 0.2) is 0 Å². The molecule has 2 unspecified atom stereocenters. The zero-order chi connectivity index (χ0) is 23.9. The van der Waals surface area contributed by atoms with Crippen LogP contribution in [0.2, 0.25) is 0 Å². The van der Waals surface area contributed by atoms with Gasteiger partial charge in [-0.25, -0.2) is 0 Å². The third-order valence-corrected chi connectivity index (χ3v) is 6.76. The van der Waals surface area contributed by atoms with Crippen LogP contribution in [-0.2, 0) is 16.0 Å². The van der Waals surface area contributed by atoms with Gasteiger partial charge in [-0.3, -0.25) is 9.59 Å².